The van der Waals surface area contributed by atoms with Crippen LogP contribution in [0.5, 0.6) is 0 Å². The fourth-order valence-electron chi connectivity index (χ4n) is 6.56. The maximum atomic E-state index is 14.0. The zero-order chi connectivity index (χ0) is 22.2. The van der Waals surface area contributed by atoms with Crippen LogP contribution < -0.4 is 10.1 Å². The lowest BCUT2D eigenvalue weighted by atomic mass is 9.46. The number of benzene rings is 3. The van der Waals surface area contributed by atoms with Crippen LogP contribution in [0.4, 0.5) is 11.4 Å². The topological polar surface area (TPSA) is 85.1 Å². The van der Waals surface area contributed by atoms with Crippen molar-refractivity contribution in [2.75, 3.05) is 4.90 Å². The number of carbonyl (C=O) groups excluding carboxylic acids is 2. The van der Waals surface area contributed by atoms with Crippen LogP contribution in [-0.2, 0) is 15.0 Å². The van der Waals surface area contributed by atoms with E-state index >= 15 is 0 Å². The zero-order valence-electron chi connectivity index (χ0n) is 17.5. The summed E-state index contributed by atoms with van der Waals surface area (Å²) in [5.41, 5.74) is 4.31. The first kappa shape index (κ1) is 19.4. The molecule has 3 atom stereocenters. The van der Waals surface area contributed by atoms with Crippen LogP contribution >= 0.6 is 0 Å². The van der Waals surface area contributed by atoms with Crippen molar-refractivity contribution in [2.24, 2.45) is 11.8 Å². The molecular formula is C26H22N2O4. The molecule has 4 aliphatic rings. The monoisotopic (exact) mass is 426 g/mol. The Labute approximate surface area is 185 Å². The first-order valence-corrected chi connectivity index (χ1v) is 10.9. The van der Waals surface area contributed by atoms with Gasteiger partial charge < -0.3 is 5.21 Å². The second-order valence-electron chi connectivity index (χ2n) is 8.85. The molecule has 0 saturated carbocycles. The van der Waals surface area contributed by atoms with Crippen molar-refractivity contribution < 1.29 is 20.0 Å². The summed E-state index contributed by atoms with van der Waals surface area (Å²) in [6.07, 6.45) is 0.691. The summed E-state index contributed by atoms with van der Waals surface area (Å²) in [6, 6.07) is 22.5. The van der Waals surface area contributed by atoms with Gasteiger partial charge in [-0.2, -0.15) is 5.23 Å². The number of hydrogen-bond acceptors (Lipinski definition) is 4. The highest BCUT2D eigenvalue weighted by Gasteiger charge is 2.67. The van der Waals surface area contributed by atoms with Gasteiger partial charge in [-0.3, -0.25) is 9.59 Å². The standard InChI is InChI=1S/C26H22N2O4/c1-2-26-19-12-5-3-10-17(19)21(18-11-4-6-13-20(18)26)22-23(26)25(30)27(24(22)29)15-8-7-9-16(14-15)28(31)32/h3-14,21-23,28,31H,2H2,1H3. The quantitative estimate of drug-likeness (QED) is 0.498. The second kappa shape index (κ2) is 6.59. The molecular weight excluding hydrogens is 404 g/mol. The van der Waals surface area contributed by atoms with Gasteiger partial charge in [0.05, 0.1) is 17.5 Å². The largest absolute Gasteiger partial charge is 0.595 e. The molecule has 1 fully saturated rings. The van der Waals surface area contributed by atoms with Gasteiger partial charge in [0.15, 0.2) is 5.69 Å². The molecule has 3 unspecified atom stereocenters. The van der Waals surface area contributed by atoms with E-state index in [4.69, 9.17) is 0 Å². The average Bonchev–Trinajstić information content (AvgIpc) is 3.10. The van der Waals surface area contributed by atoms with Gasteiger partial charge in [-0.25, -0.2) is 10.1 Å². The van der Waals surface area contributed by atoms with Gasteiger partial charge >= 0.3 is 0 Å². The van der Waals surface area contributed by atoms with Gasteiger partial charge in [0.25, 0.3) is 0 Å². The van der Waals surface area contributed by atoms with Crippen molar-refractivity contribution in [1.82, 2.24) is 0 Å². The predicted molar refractivity (Wildman–Crippen MR) is 117 cm³/mol. The maximum Gasteiger partial charge on any atom is 0.238 e. The normalized spacial score (nSPS) is 28.3. The number of amides is 2. The van der Waals surface area contributed by atoms with E-state index in [1.807, 2.05) is 24.3 Å². The molecule has 0 aromatic heterocycles. The van der Waals surface area contributed by atoms with Crippen molar-refractivity contribution in [1.29, 1.82) is 0 Å². The fourth-order valence-corrected chi connectivity index (χ4v) is 6.56. The Balaban J connectivity index is 1.60. The molecule has 3 aromatic carbocycles. The van der Waals surface area contributed by atoms with Crippen molar-refractivity contribution in [2.45, 2.75) is 24.7 Å². The molecule has 2 N–H and O–H groups in total. The molecule has 2 amide bonds. The van der Waals surface area contributed by atoms with Crippen molar-refractivity contribution in [3.05, 3.63) is 100 Å². The van der Waals surface area contributed by atoms with E-state index in [9.17, 15) is 20.0 Å². The first-order chi connectivity index (χ1) is 15.5. The minimum atomic E-state index is -1.09. The highest BCUT2D eigenvalue weighted by atomic mass is 16.8. The van der Waals surface area contributed by atoms with E-state index in [-0.39, 0.29) is 23.4 Å². The van der Waals surface area contributed by atoms with Gasteiger partial charge in [-0.05, 0) is 34.7 Å². The molecule has 6 heteroatoms. The smallest absolute Gasteiger partial charge is 0.238 e. The number of hydrogen-bond donors (Lipinski definition) is 2. The van der Waals surface area contributed by atoms with Crippen LogP contribution in [0.3, 0.4) is 0 Å². The molecule has 1 saturated heterocycles. The van der Waals surface area contributed by atoms with Gasteiger partial charge in [0, 0.05) is 23.5 Å². The number of anilines is 1. The Morgan fingerprint density at radius 2 is 1.56 bits per heavy atom. The lowest BCUT2D eigenvalue weighted by molar-refractivity contribution is -0.991. The average molecular weight is 426 g/mol. The number of nitrogens with zero attached hydrogens (tertiary/aromatic N) is 1. The Bertz CT molecular complexity index is 1240. The van der Waals surface area contributed by atoms with Crippen molar-refractivity contribution >= 4 is 23.2 Å². The minimum absolute atomic E-state index is 0.0534. The summed E-state index contributed by atoms with van der Waals surface area (Å²) in [5, 5.41) is 19.8. The fraction of sp³-hybridized carbons (Fsp3) is 0.231. The van der Waals surface area contributed by atoms with Crippen molar-refractivity contribution in [3.8, 4) is 0 Å². The van der Waals surface area contributed by atoms with Crippen LogP contribution in [0.2, 0.25) is 0 Å². The number of nitrogens with one attached hydrogen (secondary N) is 1. The Morgan fingerprint density at radius 3 is 2.16 bits per heavy atom. The van der Waals surface area contributed by atoms with E-state index in [2.05, 4.69) is 31.2 Å². The van der Waals surface area contributed by atoms with Gasteiger partial charge in [0.2, 0.25) is 11.8 Å². The summed E-state index contributed by atoms with van der Waals surface area (Å²) in [4.78, 5) is 29.1. The van der Waals surface area contributed by atoms with Crippen LogP contribution in [0, 0.1) is 17.0 Å². The molecule has 3 aliphatic carbocycles. The van der Waals surface area contributed by atoms with Crippen molar-refractivity contribution in [3.63, 3.8) is 0 Å². The Kier molecular flexibility index (Phi) is 3.99. The third-order valence-electron chi connectivity index (χ3n) is 7.70. The lowest BCUT2D eigenvalue weighted by Gasteiger charge is -2.54. The van der Waals surface area contributed by atoms with Gasteiger partial charge in [-0.15, -0.1) is 0 Å². The minimum Gasteiger partial charge on any atom is -0.595 e. The number of rotatable bonds is 3. The number of quaternary nitrogens is 1. The predicted octanol–water partition coefficient (Wildman–Crippen LogP) is 3.05. The molecule has 0 radical (unpaired) electrons. The van der Waals surface area contributed by atoms with Gasteiger partial charge in [0.1, 0.15) is 0 Å². The summed E-state index contributed by atoms with van der Waals surface area (Å²) < 4.78 is 0. The summed E-state index contributed by atoms with van der Waals surface area (Å²) in [5.74, 6) is -1.68. The Hall–Kier alpha value is -3.32. The van der Waals surface area contributed by atoms with Crippen LogP contribution in [0.25, 0.3) is 0 Å². The zero-order valence-corrected chi connectivity index (χ0v) is 17.5. The molecule has 3 aromatic rings. The summed E-state index contributed by atoms with van der Waals surface area (Å²) in [7, 11) is 0. The second-order valence-corrected chi connectivity index (χ2v) is 8.85. The SMILES string of the molecule is CCC12c3ccccc3C(c3ccccc31)C1C(=O)N(c3cccc([NH+]([O-])O)c3)C(=O)C12. The molecule has 32 heavy (non-hydrogen) atoms. The number of carbonyl (C=O) groups is 2. The molecule has 0 spiro atoms. The summed E-state index contributed by atoms with van der Waals surface area (Å²) in [6.45, 7) is 2.09. The van der Waals surface area contributed by atoms with Gasteiger partial charge in [-0.1, -0.05) is 61.5 Å². The first-order valence-electron chi connectivity index (χ1n) is 10.9. The van der Waals surface area contributed by atoms with E-state index < -0.39 is 22.5 Å². The van der Waals surface area contributed by atoms with E-state index in [0.29, 0.717) is 12.1 Å². The molecule has 7 rings (SSSR count). The molecule has 1 heterocycles. The highest BCUT2D eigenvalue weighted by molar-refractivity contribution is 6.23. The molecule has 1 aliphatic heterocycles. The van der Waals surface area contributed by atoms with Crippen LogP contribution in [0.15, 0.2) is 72.8 Å². The molecule has 160 valence electrons. The van der Waals surface area contributed by atoms with E-state index in [1.165, 1.54) is 17.0 Å². The third-order valence-corrected chi connectivity index (χ3v) is 7.70. The lowest BCUT2D eigenvalue weighted by Crippen LogP contribution is -2.99. The highest BCUT2D eigenvalue weighted by Crippen LogP contribution is 2.65. The third kappa shape index (κ3) is 2.19. The summed E-state index contributed by atoms with van der Waals surface area (Å²) >= 11 is 0. The van der Waals surface area contributed by atoms with E-state index in [1.54, 1.807) is 12.1 Å². The van der Waals surface area contributed by atoms with Crippen LogP contribution in [-0.4, -0.2) is 17.0 Å². The molecule has 6 nitrogen and oxygen atoms in total. The number of imide groups is 1. The van der Waals surface area contributed by atoms with E-state index in [0.717, 1.165) is 22.3 Å². The molecule has 2 bridgehead atoms. The van der Waals surface area contributed by atoms with Crippen LogP contribution in [0.1, 0.15) is 41.5 Å². The Morgan fingerprint density at radius 1 is 0.938 bits per heavy atom. The maximum absolute atomic E-state index is 14.0.